The minimum atomic E-state index is -3.54. The van der Waals surface area contributed by atoms with Crippen LogP contribution in [0.15, 0.2) is 23.1 Å². The first-order valence-corrected chi connectivity index (χ1v) is 8.43. The molecular formula is C14H22N2O3S. The van der Waals surface area contributed by atoms with E-state index in [9.17, 15) is 8.42 Å². The predicted molar refractivity (Wildman–Crippen MR) is 79.3 cm³/mol. The van der Waals surface area contributed by atoms with Crippen molar-refractivity contribution in [3.63, 3.8) is 0 Å². The molecule has 20 heavy (non-hydrogen) atoms. The van der Waals surface area contributed by atoms with Gasteiger partial charge in [-0.25, -0.2) is 8.42 Å². The quantitative estimate of drug-likeness (QED) is 0.869. The number of anilines is 1. The van der Waals surface area contributed by atoms with Gasteiger partial charge in [0.1, 0.15) is 10.6 Å². The molecule has 0 saturated carbocycles. The van der Waals surface area contributed by atoms with Crippen molar-refractivity contribution in [1.82, 2.24) is 4.31 Å². The summed E-state index contributed by atoms with van der Waals surface area (Å²) >= 11 is 0. The van der Waals surface area contributed by atoms with Crippen molar-refractivity contribution in [2.45, 2.75) is 37.0 Å². The van der Waals surface area contributed by atoms with Gasteiger partial charge < -0.3 is 10.5 Å². The first-order valence-electron chi connectivity index (χ1n) is 6.99. The van der Waals surface area contributed by atoms with Crippen molar-refractivity contribution in [2.75, 3.05) is 25.9 Å². The Morgan fingerprint density at radius 2 is 1.70 bits per heavy atom. The molecule has 0 radical (unpaired) electrons. The number of nitrogen functional groups attached to an aromatic ring is 1. The lowest BCUT2D eigenvalue weighted by Gasteiger charge is -2.25. The second kappa shape index (κ2) is 6.45. The zero-order valence-electron chi connectivity index (χ0n) is 11.8. The molecule has 0 aromatic heterocycles. The molecule has 1 aliphatic rings. The molecule has 0 aliphatic carbocycles. The molecule has 0 spiro atoms. The minimum absolute atomic E-state index is 0.167. The van der Waals surface area contributed by atoms with Crippen molar-refractivity contribution >= 4 is 15.7 Å². The highest BCUT2D eigenvalue weighted by Gasteiger charge is 2.27. The topological polar surface area (TPSA) is 72.6 Å². The first kappa shape index (κ1) is 15.1. The van der Waals surface area contributed by atoms with Crippen LogP contribution in [0, 0.1) is 0 Å². The van der Waals surface area contributed by atoms with E-state index in [1.807, 2.05) is 0 Å². The standard InChI is InChI=1S/C14H22N2O3S/c1-19-13-8-7-12(15)11-14(13)20(17,18)16-9-5-3-2-4-6-10-16/h7-8,11H,2-6,9-10,15H2,1H3. The van der Waals surface area contributed by atoms with E-state index in [2.05, 4.69) is 0 Å². The van der Waals surface area contributed by atoms with Crippen LogP contribution in [0.25, 0.3) is 0 Å². The Morgan fingerprint density at radius 3 is 2.30 bits per heavy atom. The molecule has 0 amide bonds. The lowest BCUT2D eigenvalue weighted by Crippen LogP contribution is -2.34. The highest BCUT2D eigenvalue weighted by atomic mass is 32.2. The molecule has 6 heteroatoms. The van der Waals surface area contributed by atoms with Gasteiger partial charge in [0.15, 0.2) is 0 Å². The molecule has 0 bridgehead atoms. The summed E-state index contributed by atoms with van der Waals surface area (Å²) in [6.45, 7) is 1.14. The van der Waals surface area contributed by atoms with Gasteiger partial charge in [-0.3, -0.25) is 0 Å². The van der Waals surface area contributed by atoms with Crippen LogP contribution < -0.4 is 10.5 Å². The number of methoxy groups -OCH3 is 1. The van der Waals surface area contributed by atoms with E-state index < -0.39 is 10.0 Å². The molecule has 0 unspecified atom stereocenters. The van der Waals surface area contributed by atoms with Crippen LogP contribution in [0.3, 0.4) is 0 Å². The highest BCUT2D eigenvalue weighted by Crippen LogP contribution is 2.29. The Bertz CT molecular complexity index is 550. The zero-order chi connectivity index (χ0) is 14.6. The third kappa shape index (κ3) is 3.24. The average molecular weight is 298 g/mol. The lowest BCUT2D eigenvalue weighted by molar-refractivity contribution is 0.358. The van der Waals surface area contributed by atoms with Crippen LogP contribution in [0.1, 0.15) is 32.1 Å². The minimum Gasteiger partial charge on any atom is -0.495 e. The van der Waals surface area contributed by atoms with E-state index in [1.165, 1.54) is 19.6 Å². The first-order chi connectivity index (χ1) is 9.55. The molecule has 1 saturated heterocycles. The molecular weight excluding hydrogens is 276 g/mol. The van der Waals surface area contributed by atoms with Crippen LogP contribution in [0.4, 0.5) is 5.69 Å². The van der Waals surface area contributed by atoms with Gasteiger partial charge >= 0.3 is 0 Å². The number of hydrogen-bond acceptors (Lipinski definition) is 4. The van der Waals surface area contributed by atoms with Gasteiger partial charge in [0.25, 0.3) is 0 Å². The molecule has 1 aromatic carbocycles. The number of nitrogens with two attached hydrogens (primary N) is 1. The van der Waals surface area contributed by atoms with Crippen molar-refractivity contribution in [3.8, 4) is 5.75 Å². The van der Waals surface area contributed by atoms with Crippen molar-refractivity contribution in [2.24, 2.45) is 0 Å². The largest absolute Gasteiger partial charge is 0.495 e. The number of nitrogens with zero attached hydrogens (tertiary/aromatic N) is 1. The molecule has 2 rings (SSSR count). The summed E-state index contributed by atoms with van der Waals surface area (Å²) in [7, 11) is -2.07. The Morgan fingerprint density at radius 1 is 1.10 bits per heavy atom. The number of rotatable bonds is 3. The van der Waals surface area contributed by atoms with Crippen molar-refractivity contribution < 1.29 is 13.2 Å². The highest BCUT2D eigenvalue weighted by molar-refractivity contribution is 7.89. The van der Waals surface area contributed by atoms with Crippen LogP contribution in [-0.2, 0) is 10.0 Å². The third-order valence-electron chi connectivity index (χ3n) is 3.62. The molecule has 112 valence electrons. The Hall–Kier alpha value is -1.27. The van der Waals surface area contributed by atoms with Gasteiger partial charge in [0.2, 0.25) is 10.0 Å². The van der Waals surface area contributed by atoms with Crippen molar-refractivity contribution in [3.05, 3.63) is 18.2 Å². The molecule has 1 aromatic rings. The van der Waals surface area contributed by atoms with Gasteiger partial charge in [-0.15, -0.1) is 0 Å². The number of sulfonamides is 1. The van der Waals surface area contributed by atoms with Gasteiger partial charge in [0.05, 0.1) is 7.11 Å². The van der Waals surface area contributed by atoms with Crippen LogP contribution in [-0.4, -0.2) is 32.9 Å². The van der Waals surface area contributed by atoms with E-state index in [1.54, 1.807) is 16.4 Å². The molecule has 1 fully saturated rings. The SMILES string of the molecule is COc1ccc(N)cc1S(=O)(=O)N1CCCCCCC1. The van der Waals surface area contributed by atoms with E-state index in [4.69, 9.17) is 10.5 Å². The smallest absolute Gasteiger partial charge is 0.246 e. The van der Waals surface area contributed by atoms with Crippen molar-refractivity contribution in [1.29, 1.82) is 0 Å². The molecule has 2 N–H and O–H groups in total. The third-order valence-corrected chi connectivity index (χ3v) is 5.54. The monoisotopic (exact) mass is 298 g/mol. The second-order valence-electron chi connectivity index (χ2n) is 5.08. The predicted octanol–water partition coefficient (Wildman–Crippen LogP) is 2.23. The van der Waals surface area contributed by atoms with Crippen LogP contribution in [0.5, 0.6) is 5.75 Å². The normalized spacial score (nSPS) is 18.2. The van der Waals surface area contributed by atoms with Crippen LogP contribution in [0.2, 0.25) is 0 Å². The summed E-state index contributed by atoms with van der Waals surface area (Å²) in [6, 6.07) is 4.73. The molecule has 1 heterocycles. The maximum absolute atomic E-state index is 12.8. The molecule has 0 atom stereocenters. The van der Waals surface area contributed by atoms with Crippen LogP contribution >= 0.6 is 0 Å². The maximum Gasteiger partial charge on any atom is 0.246 e. The fraction of sp³-hybridized carbons (Fsp3) is 0.571. The summed E-state index contributed by atoms with van der Waals surface area (Å²) in [5.74, 6) is 0.348. The van der Waals surface area contributed by atoms with Gasteiger partial charge in [0, 0.05) is 18.8 Å². The van der Waals surface area contributed by atoms with E-state index in [-0.39, 0.29) is 4.90 Å². The summed E-state index contributed by atoms with van der Waals surface area (Å²) in [5, 5.41) is 0. The number of benzene rings is 1. The fourth-order valence-electron chi connectivity index (χ4n) is 2.49. The summed E-state index contributed by atoms with van der Waals surface area (Å²) < 4.78 is 32.3. The number of hydrogen-bond donors (Lipinski definition) is 1. The molecule has 1 aliphatic heterocycles. The Labute approximate surface area is 120 Å². The number of ether oxygens (including phenoxy) is 1. The van der Waals surface area contributed by atoms with Gasteiger partial charge in [-0.05, 0) is 31.0 Å². The van der Waals surface area contributed by atoms with E-state index in [0.717, 1.165) is 25.7 Å². The van der Waals surface area contributed by atoms with Gasteiger partial charge in [-0.1, -0.05) is 19.3 Å². The Balaban J connectivity index is 2.35. The van der Waals surface area contributed by atoms with Gasteiger partial charge in [-0.2, -0.15) is 4.31 Å². The summed E-state index contributed by atoms with van der Waals surface area (Å²) in [5.41, 5.74) is 6.15. The maximum atomic E-state index is 12.8. The molecule has 5 nitrogen and oxygen atoms in total. The van der Waals surface area contributed by atoms with E-state index in [0.29, 0.717) is 24.5 Å². The summed E-state index contributed by atoms with van der Waals surface area (Å²) in [6.07, 6.45) is 5.17. The van der Waals surface area contributed by atoms with E-state index >= 15 is 0 Å². The summed E-state index contributed by atoms with van der Waals surface area (Å²) in [4.78, 5) is 0.167. The average Bonchev–Trinajstić information content (AvgIpc) is 2.37. The zero-order valence-corrected chi connectivity index (χ0v) is 12.7. The Kier molecular flexibility index (Phi) is 4.88. The second-order valence-corrected chi connectivity index (χ2v) is 6.99. The lowest BCUT2D eigenvalue weighted by atomic mass is 10.1. The fourth-order valence-corrected chi connectivity index (χ4v) is 4.20.